The number of aromatic nitrogens is 5. The van der Waals surface area contributed by atoms with Gasteiger partial charge in [-0.05, 0) is 75.8 Å². The summed E-state index contributed by atoms with van der Waals surface area (Å²) in [7, 11) is 0. The fraction of sp³-hybridized carbons (Fsp3) is 0. The molecule has 0 fully saturated rings. The minimum atomic E-state index is 0.551. The van der Waals surface area contributed by atoms with Crippen molar-refractivity contribution in [3.8, 4) is 67.8 Å². The van der Waals surface area contributed by atoms with Crippen LogP contribution in [0.5, 0.6) is 0 Å². The van der Waals surface area contributed by atoms with E-state index in [4.69, 9.17) is 15.0 Å². The molecule has 0 atom stereocenters. The first kappa shape index (κ1) is 35.5. The first-order valence-corrected chi connectivity index (χ1v) is 20.9. The van der Waals surface area contributed by atoms with E-state index in [0.29, 0.717) is 17.6 Å². The summed E-state index contributed by atoms with van der Waals surface area (Å²) in [5.74, 6) is 1.74. The van der Waals surface area contributed by atoms with E-state index in [0.717, 1.165) is 71.9 Å². The van der Waals surface area contributed by atoms with Gasteiger partial charge < -0.3 is 4.57 Å². The second kappa shape index (κ2) is 14.7. The van der Waals surface area contributed by atoms with E-state index in [2.05, 4.69) is 228 Å². The Morgan fingerprint density at radius 1 is 0.258 bits per heavy atom. The molecule has 0 bridgehead atoms. The molecule has 12 aromatic rings. The summed E-state index contributed by atoms with van der Waals surface area (Å²) in [6, 6.07) is 79.2. The van der Waals surface area contributed by atoms with Crippen molar-refractivity contribution in [1.82, 2.24) is 24.1 Å². The fourth-order valence-corrected chi connectivity index (χ4v) is 9.07. The van der Waals surface area contributed by atoms with Gasteiger partial charge in [0.05, 0.1) is 27.8 Å². The lowest BCUT2D eigenvalue weighted by molar-refractivity contribution is 0.952. The number of fused-ring (bicyclic) bond motifs is 6. The van der Waals surface area contributed by atoms with Crippen molar-refractivity contribution in [2.75, 3.05) is 0 Å². The van der Waals surface area contributed by atoms with E-state index in [9.17, 15) is 0 Å². The molecule has 5 nitrogen and oxygen atoms in total. The zero-order valence-corrected chi connectivity index (χ0v) is 33.6. The Morgan fingerprint density at radius 2 is 0.694 bits per heavy atom. The highest BCUT2D eigenvalue weighted by Gasteiger charge is 2.21. The molecule has 290 valence electrons. The topological polar surface area (TPSA) is 48.5 Å². The van der Waals surface area contributed by atoms with E-state index < -0.39 is 0 Å². The summed E-state index contributed by atoms with van der Waals surface area (Å²) in [6.07, 6.45) is 0. The van der Waals surface area contributed by atoms with Crippen LogP contribution in [0.15, 0.2) is 224 Å². The highest BCUT2D eigenvalue weighted by atomic mass is 15.2. The van der Waals surface area contributed by atoms with Crippen LogP contribution in [0.3, 0.4) is 0 Å². The quantitative estimate of drug-likeness (QED) is 0.162. The Bertz CT molecular complexity index is 3570. The lowest BCUT2D eigenvalue weighted by atomic mass is 9.98. The first-order chi connectivity index (χ1) is 30.7. The van der Waals surface area contributed by atoms with Gasteiger partial charge in [0.15, 0.2) is 11.6 Å². The third-order valence-corrected chi connectivity index (χ3v) is 12.0. The van der Waals surface area contributed by atoms with Crippen molar-refractivity contribution >= 4 is 43.6 Å². The standard InChI is InChI=1S/C57H37N5/c1-3-16-38(17-4-1)40-30-32-41(33-31-40)55-58-56(49-25-10-14-29-53(49)61-50-26-11-7-22-45(50)46-23-8-12-27-51(46)61)60-57(59-55)62-52-28-13-9-24-47(52)48-35-34-44(37-54(48)62)43-21-15-20-42(36-43)39-18-5-2-6-19-39/h1-37H. The molecule has 0 saturated heterocycles. The average Bonchev–Trinajstić information content (AvgIpc) is 3.87. The van der Waals surface area contributed by atoms with Crippen molar-refractivity contribution in [2.45, 2.75) is 0 Å². The van der Waals surface area contributed by atoms with Crippen LogP contribution in [0, 0.1) is 0 Å². The average molecular weight is 792 g/mol. The Labute approximate surface area is 358 Å². The Hall–Kier alpha value is -8.41. The first-order valence-electron chi connectivity index (χ1n) is 20.9. The third kappa shape index (κ3) is 5.98. The SMILES string of the molecule is c1ccc(-c2ccc(-c3nc(-c4ccccc4-n4c5ccccc5c5ccccc54)nc(-n4c5ccccc5c5ccc(-c6cccc(-c7ccccc7)c6)cc54)n3)cc2)cc1. The lowest BCUT2D eigenvalue weighted by Crippen LogP contribution is -2.08. The van der Waals surface area contributed by atoms with Crippen molar-refractivity contribution in [1.29, 1.82) is 0 Å². The van der Waals surface area contributed by atoms with E-state index in [1.165, 1.54) is 21.9 Å². The molecule has 0 aliphatic heterocycles. The van der Waals surface area contributed by atoms with E-state index in [1.807, 2.05) is 6.07 Å². The molecular weight excluding hydrogens is 755 g/mol. The lowest BCUT2D eigenvalue weighted by Gasteiger charge is -2.15. The van der Waals surface area contributed by atoms with Crippen LogP contribution in [0.25, 0.3) is 111 Å². The molecule has 9 aromatic carbocycles. The molecule has 0 N–H and O–H groups in total. The van der Waals surface area contributed by atoms with Gasteiger partial charge in [-0.1, -0.05) is 182 Å². The highest BCUT2D eigenvalue weighted by molar-refractivity contribution is 6.11. The molecule has 12 rings (SSSR count). The molecular formula is C57H37N5. The van der Waals surface area contributed by atoms with Crippen LogP contribution in [-0.4, -0.2) is 24.1 Å². The summed E-state index contributed by atoms with van der Waals surface area (Å²) >= 11 is 0. The van der Waals surface area contributed by atoms with Gasteiger partial charge in [-0.15, -0.1) is 0 Å². The maximum absolute atomic E-state index is 5.45. The number of nitrogens with zero attached hydrogens (tertiary/aromatic N) is 5. The summed E-state index contributed by atoms with van der Waals surface area (Å²) < 4.78 is 4.55. The van der Waals surface area contributed by atoms with E-state index in [-0.39, 0.29) is 0 Å². The molecule has 0 amide bonds. The van der Waals surface area contributed by atoms with Crippen LogP contribution in [0.2, 0.25) is 0 Å². The number of para-hydroxylation sites is 4. The van der Waals surface area contributed by atoms with Gasteiger partial charge >= 0.3 is 0 Å². The van der Waals surface area contributed by atoms with E-state index in [1.54, 1.807) is 0 Å². The normalized spacial score (nSPS) is 11.5. The molecule has 5 heteroatoms. The largest absolute Gasteiger partial charge is 0.309 e. The Balaban J connectivity index is 1.10. The maximum atomic E-state index is 5.45. The van der Waals surface area contributed by atoms with Crippen LogP contribution in [0.4, 0.5) is 0 Å². The summed E-state index contributed by atoms with van der Waals surface area (Å²) in [5, 5.41) is 4.66. The molecule has 0 saturated carbocycles. The van der Waals surface area contributed by atoms with Crippen molar-refractivity contribution in [3.05, 3.63) is 224 Å². The zero-order chi connectivity index (χ0) is 41.0. The maximum Gasteiger partial charge on any atom is 0.238 e. The van der Waals surface area contributed by atoms with Gasteiger partial charge in [-0.25, -0.2) is 4.98 Å². The summed E-state index contributed by atoms with van der Waals surface area (Å²) in [4.78, 5) is 16.1. The van der Waals surface area contributed by atoms with Gasteiger partial charge in [0, 0.05) is 32.7 Å². The molecule has 0 spiro atoms. The minimum absolute atomic E-state index is 0.551. The molecule has 3 aromatic heterocycles. The Morgan fingerprint density at radius 3 is 1.35 bits per heavy atom. The smallest absolute Gasteiger partial charge is 0.238 e. The van der Waals surface area contributed by atoms with Crippen molar-refractivity contribution in [2.24, 2.45) is 0 Å². The number of hydrogen-bond acceptors (Lipinski definition) is 3. The molecule has 0 aliphatic carbocycles. The van der Waals surface area contributed by atoms with Gasteiger partial charge in [0.25, 0.3) is 0 Å². The number of rotatable bonds is 7. The highest BCUT2D eigenvalue weighted by Crippen LogP contribution is 2.38. The second-order valence-electron chi connectivity index (χ2n) is 15.6. The van der Waals surface area contributed by atoms with Gasteiger partial charge in [-0.2, -0.15) is 9.97 Å². The van der Waals surface area contributed by atoms with Gasteiger partial charge in [-0.3, -0.25) is 4.57 Å². The van der Waals surface area contributed by atoms with Gasteiger partial charge in [0.1, 0.15) is 0 Å². The van der Waals surface area contributed by atoms with Crippen LogP contribution in [0.1, 0.15) is 0 Å². The molecule has 0 radical (unpaired) electrons. The van der Waals surface area contributed by atoms with E-state index >= 15 is 0 Å². The van der Waals surface area contributed by atoms with Gasteiger partial charge in [0.2, 0.25) is 5.95 Å². The zero-order valence-electron chi connectivity index (χ0n) is 33.6. The molecule has 0 unspecified atom stereocenters. The number of benzene rings is 9. The summed E-state index contributed by atoms with van der Waals surface area (Å²) in [5.41, 5.74) is 14.0. The van der Waals surface area contributed by atoms with Crippen molar-refractivity contribution in [3.63, 3.8) is 0 Å². The van der Waals surface area contributed by atoms with Crippen LogP contribution >= 0.6 is 0 Å². The van der Waals surface area contributed by atoms with Crippen molar-refractivity contribution < 1.29 is 0 Å². The predicted molar refractivity (Wildman–Crippen MR) is 256 cm³/mol. The predicted octanol–water partition coefficient (Wildman–Crippen LogP) is 14.4. The molecule has 62 heavy (non-hydrogen) atoms. The number of hydrogen-bond donors (Lipinski definition) is 0. The van der Waals surface area contributed by atoms with Crippen LogP contribution < -0.4 is 0 Å². The third-order valence-electron chi connectivity index (χ3n) is 12.0. The monoisotopic (exact) mass is 791 g/mol. The second-order valence-corrected chi connectivity index (χ2v) is 15.6. The Kier molecular flexibility index (Phi) is 8.42. The fourth-order valence-electron chi connectivity index (χ4n) is 9.07. The summed E-state index contributed by atoms with van der Waals surface area (Å²) in [6.45, 7) is 0. The molecule has 0 aliphatic rings. The van der Waals surface area contributed by atoms with Crippen LogP contribution in [-0.2, 0) is 0 Å². The minimum Gasteiger partial charge on any atom is -0.309 e. The molecule has 3 heterocycles.